The summed E-state index contributed by atoms with van der Waals surface area (Å²) in [7, 11) is 0. The number of carboxylic acids is 1. The first kappa shape index (κ1) is 21.4. The number of carbonyl (C=O) groups is 3. The number of likely N-dealkylation sites (tertiary alicyclic amines) is 1. The number of fused-ring (bicyclic) bond motifs is 1. The van der Waals surface area contributed by atoms with Crippen LogP contribution in [0.25, 0.3) is 10.8 Å². The van der Waals surface area contributed by atoms with Gasteiger partial charge in [0.25, 0.3) is 0 Å². The van der Waals surface area contributed by atoms with Gasteiger partial charge >= 0.3 is 35.5 Å². The Morgan fingerprint density at radius 2 is 1.41 bits per heavy atom. The molecular weight excluding hydrogens is 413 g/mol. The van der Waals surface area contributed by atoms with Gasteiger partial charge in [-0.15, -0.1) is 0 Å². The third-order valence-corrected chi connectivity index (χ3v) is 8.13. The summed E-state index contributed by atoms with van der Waals surface area (Å²) in [4.78, 5) is 40.0. The number of aliphatic carboxylic acids is 1. The van der Waals surface area contributed by atoms with E-state index < -0.39 is 23.3 Å². The molecule has 2 amide bonds. The molecule has 1 N–H and O–H groups in total. The van der Waals surface area contributed by atoms with E-state index in [-0.39, 0.29) is 53.2 Å². The molecule has 154 valence electrons. The van der Waals surface area contributed by atoms with Crippen LogP contribution in [0.1, 0.15) is 47.9 Å². The van der Waals surface area contributed by atoms with Crippen LogP contribution in [0.15, 0.2) is 60.7 Å². The molecule has 3 aliphatic carbocycles. The second kappa shape index (κ2) is 6.77. The molecule has 6 heteroatoms. The van der Waals surface area contributed by atoms with Gasteiger partial charge in [0, 0.05) is 11.8 Å². The second-order valence-corrected chi connectivity index (χ2v) is 9.28. The van der Waals surface area contributed by atoms with Crippen LogP contribution in [0, 0.1) is 10.8 Å². The van der Waals surface area contributed by atoms with Crippen LogP contribution in [-0.4, -0.2) is 34.3 Å². The zero-order valence-electron chi connectivity index (χ0n) is 18.3. The zero-order chi connectivity index (χ0) is 21.7. The summed E-state index contributed by atoms with van der Waals surface area (Å²) in [6, 6.07) is 20.3. The minimum absolute atomic E-state index is 0. The Balaban J connectivity index is 0.00000216. The number of carbonyl (C=O) groups excluding carboxylic acids is 2. The van der Waals surface area contributed by atoms with E-state index in [4.69, 9.17) is 0 Å². The maximum Gasteiger partial charge on any atom is 1.00 e. The zero-order valence-corrected chi connectivity index (χ0v) is 20.3. The molecule has 2 bridgehead atoms. The molecule has 4 unspecified atom stereocenters. The van der Waals surface area contributed by atoms with Crippen molar-refractivity contribution >= 4 is 28.6 Å². The normalized spacial score (nSPS) is 29.4. The van der Waals surface area contributed by atoms with Crippen molar-refractivity contribution < 1.29 is 49.0 Å². The molecule has 1 saturated heterocycles. The SMILES string of the molecule is CC12C(=O)N(CC(=O)O)C(=O)C1(C)C1c3ccccc3C2c2ccc3ccccc3c21.[Na+]. The molecule has 1 fully saturated rings. The summed E-state index contributed by atoms with van der Waals surface area (Å²) in [5.41, 5.74) is 2.19. The number of imide groups is 1. The fourth-order valence-corrected chi connectivity index (χ4v) is 6.69. The number of amides is 2. The third kappa shape index (κ3) is 2.22. The van der Waals surface area contributed by atoms with E-state index in [9.17, 15) is 19.5 Å². The maximum absolute atomic E-state index is 13.8. The molecule has 4 atom stereocenters. The van der Waals surface area contributed by atoms with Gasteiger partial charge in [-0.25, -0.2) is 0 Å². The molecule has 4 aliphatic rings. The van der Waals surface area contributed by atoms with Gasteiger partial charge in [-0.1, -0.05) is 60.7 Å². The van der Waals surface area contributed by atoms with E-state index in [0.717, 1.165) is 37.9 Å². The molecule has 0 spiro atoms. The van der Waals surface area contributed by atoms with Crippen LogP contribution in [-0.2, 0) is 14.4 Å². The Labute approximate surface area is 207 Å². The van der Waals surface area contributed by atoms with E-state index in [1.165, 1.54) is 0 Å². The van der Waals surface area contributed by atoms with Gasteiger partial charge < -0.3 is 5.11 Å². The predicted octanol–water partition coefficient (Wildman–Crippen LogP) is 0.901. The summed E-state index contributed by atoms with van der Waals surface area (Å²) >= 11 is 0. The number of nitrogens with zero attached hydrogens (tertiary/aromatic N) is 1. The van der Waals surface area contributed by atoms with Crippen molar-refractivity contribution in [2.45, 2.75) is 25.7 Å². The summed E-state index contributed by atoms with van der Waals surface area (Å²) in [6.45, 7) is 3.13. The van der Waals surface area contributed by atoms with Gasteiger partial charge in [-0.05, 0) is 46.9 Å². The predicted molar refractivity (Wildman–Crippen MR) is 115 cm³/mol. The minimum Gasteiger partial charge on any atom is -0.480 e. The summed E-state index contributed by atoms with van der Waals surface area (Å²) in [5, 5.41) is 11.6. The van der Waals surface area contributed by atoms with Gasteiger partial charge in [-0.2, -0.15) is 0 Å². The Hall–Kier alpha value is -2.47. The maximum atomic E-state index is 13.8. The number of hydrogen-bond donors (Lipinski definition) is 1. The molecule has 3 aromatic carbocycles. The van der Waals surface area contributed by atoms with Crippen molar-refractivity contribution in [3.63, 3.8) is 0 Å². The van der Waals surface area contributed by atoms with Crippen LogP contribution in [0.2, 0.25) is 0 Å². The number of benzene rings is 3. The quantitative estimate of drug-likeness (QED) is 0.481. The molecule has 1 heterocycles. The topological polar surface area (TPSA) is 74.7 Å². The Morgan fingerprint density at radius 3 is 2.06 bits per heavy atom. The molecule has 0 saturated carbocycles. The van der Waals surface area contributed by atoms with Crippen LogP contribution in [0.5, 0.6) is 0 Å². The van der Waals surface area contributed by atoms with Crippen molar-refractivity contribution in [2.24, 2.45) is 10.8 Å². The van der Waals surface area contributed by atoms with E-state index in [1.807, 2.05) is 44.2 Å². The van der Waals surface area contributed by atoms with Crippen LogP contribution in [0.3, 0.4) is 0 Å². The van der Waals surface area contributed by atoms with E-state index in [1.54, 1.807) is 0 Å². The molecule has 32 heavy (non-hydrogen) atoms. The Morgan fingerprint density at radius 1 is 0.844 bits per heavy atom. The molecule has 0 aromatic heterocycles. The summed E-state index contributed by atoms with van der Waals surface area (Å²) in [6.07, 6.45) is 0. The first-order valence-corrected chi connectivity index (χ1v) is 10.5. The Bertz CT molecular complexity index is 1350. The van der Waals surface area contributed by atoms with Gasteiger partial charge in [0.1, 0.15) is 6.54 Å². The van der Waals surface area contributed by atoms with Crippen molar-refractivity contribution in [1.82, 2.24) is 4.90 Å². The smallest absolute Gasteiger partial charge is 0.480 e. The summed E-state index contributed by atoms with van der Waals surface area (Å²) < 4.78 is 0. The van der Waals surface area contributed by atoms with Crippen molar-refractivity contribution in [3.05, 3.63) is 82.9 Å². The largest absolute Gasteiger partial charge is 1.00 e. The van der Waals surface area contributed by atoms with Gasteiger partial charge in [0.2, 0.25) is 11.8 Å². The summed E-state index contributed by atoms with van der Waals surface area (Å²) in [5.74, 6) is -2.58. The molecule has 5 nitrogen and oxygen atoms in total. The first-order chi connectivity index (χ1) is 14.8. The minimum atomic E-state index is -1.18. The van der Waals surface area contributed by atoms with Gasteiger partial charge in [0.05, 0.1) is 10.8 Å². The van der Waals surface area contributed by atoms with E-state index in [2.05, 4.69) is 30.3 Å². The molecule has 0 radical (unpaired) electrons. The number of rotatable bonds is 2. The third-order valence-electron chi connectivity index (χ3n) is 8.13. The second-order valence-electron chi connectivity index (χ2n) is 9.28. The molecule has 1 aliphatic heterocycles. The van der Waals surface area contributed by atoms with Crippen molar-refractivity contribution in [2.75, 3.05) is 6.54 Å². The number of carboxylic acid groups (broad SMARTS) is 1. The molecule has 3 aromatic rings. The fraction of sp³-hybridized carbons (Fsp3) is 0.269. The molecule has 7 rings (SSSR count). The fourth-order valence-electron chi connectivity index (χ4n) is 6.69. The van der Waals surface area contributed by atoms with Gasteiger partial charge in [0.15, 0.2) is 0 Å². The average Bonchev–Trinajstić information content (AvgIpc) is 2.92. The first-order valence-electron chi connectivity index (χ1n) is 10.5. The van der Waals surface area contributed by atoms with Crippen LogP contribution in [0.4, 0.5) is 0 Å². The standard InChI is InChI=1S/C26H21NO4.Na/c1-25-21-16-9-5-6-10-17(16)22(20-15-8-4-3-7-14(15)11-12-18(20)21)26(25,2)24(31)27(23(25)30)13-19(28)29;/h3-12,21-22H,13H2,1-2H3,(H,28,29);/q;+1. The average molecular weight is 434 g/mol. The van der Waals surface area contributed by atoms with Crippen molar-refractivity contribution in [3.8, 4) is 0 Å². The number of hydrogen-bond acceptors (Lipinski definition) is 3. The van der Waals surface area contributed by atoms with Crippen LogP contribution >= 0.6 is 0 Å². The van der Waals surface area contributed by atoms with Gasteiger partial charge in [-0.3, -0.25) is 19.3 Å². The van der Waals surface area contributed by atoms with Crippen LogP contribution < -0.4 is 29.6 Å². The van der Waals surface area contributed by atoms with E-state index in [0.29, 0.717) is 0 Å². The van der Waals surface area contributed by atoms with Crippen molar-refractivity contribution in [1.29, 1.82) is 0 Å². The van der Waals surface area contributed by atoms with E-state index >= 15 is 0 Å². The molecular formula is C26H21NNaO4+. The Kier molecular flexibility index (Phi) is 4.52. The monoisotopic (exact) mass is 434 g/mol.